The first-order valence-electron chi connectivity index (χ1n) is 5.36. The van der Waals surface area contributed by atoms with Crippen molar-refractivity contribution < 1.29 is 14.7 Å². The van der Waals surface area contributed by atoms with Crippen molar-refractivity contribution >= 4 is 11.9 Å². The van der Waals surface area contributed by atoms with E-state index in [1.807, 2.05) is 0 Å². The van der Waals surface area contributed by atoms with Gasteiger partial charge in [-0.15, -0.1) is 0 Å². The summed E-state index contributed by atoms with van der Waals surface area (Å²) in [7, 11) is 0. The minimum atomic E-state index is -1.38. The van der Waals surface area contributed by atoms with Gasteiger partial charge in [0.15, 0.2) is 5.54 Å². The number of carboxylic acid groups (broad SMARTS) is 1. The summed E-state index contributed by atoms with van der Waals surface area (Å²) < 4.78 is 0. The van der Waals surface area contributed by atoms with Crippen molar-refractivity contribution in [1.82, 2.24) is 9.88 Å². The number of aliphatic carboxylic acids is 1. The van der Waals surface area contributed by atoms with Gasteiger partial charge in [-0.2, -0.15) is 0 Å². The fourth-order valence-electron chi connectivity index (χ4n) is 1.90. The first-order chi connectivity index (χ1) is 7.94. The third kappa shape index (κ3) is 2.27. The van der Waals surface area contributed by atoms with E-state index in [1.54, 1.807) is 25.3 Å². The first-order valence-corrected chi connectivity index (χ1v) is 5.36. The third-order valence-electron chi connectivity index (χ3n) is 2.88. The smallest absolute Gasteiger partial charge is 0.334 e. The minimum Gasteiger partial charge on any atom is -0.479 e. The molecule has 0 aliphatic rings. The molecule has 5 nitrogen and oxygen atoms in total. The number of carbonyl (C=O) groups is 2. The Hall–Kier alpha value is -1.91. The van der Waals surface area contributed by atoms with E-state index in [9.17, 15) is 14.7 Å². The Bertz CT molecular complexity index is 419. The van der Waals surface area contributed by atoms with E-state index >= 15 is 0 Å². The second-order valence-corrected chi connectivity index (χ2v) is 3.88. The Morgan fingerprint density at radius 1 is 1.53 bits per heavy atom. The van der Waals surface area contributed by atoms with Crippen LogP contribution in [-0.2, 0) is 15.1 Å². The maximum Gasteiger partial charge on any atom is 0.334 e. The topological polar surface area (TPSA) is 70.5 Å². The second kappa shape index (κ2) is 4.95. The average molecular weight is 236 g/mol. The van der Waals surface area contributed by atoms with Crippen molar-refractivity contribution in [1.29, 1.82) is 0 Å². The van der Waals surface area contributed by atoms with Gasteiger partial charge in [-0.05, 0) is 19.9 Å². The Kier molecular flexibility index (Phi) is 3.83. The number of carbonyl (C=O) groups excluding carboxylic acids is 1. The lowest BCUT2D eigenvalue weighted by atomic mass is 9.91. The van der Waals surface area contributed by atoms with Crippen LogP contribution in [0.4, 0.5) is 0 Å². The van der Waals surface area contributed by atoms with E-state index < -0.39 is 11.5 Å². The van der Waals surface area contributed by atoms with Gasteiger partial charge >= 0.3 is 5.97 Å². The summed E-state index contributed by atoms with van der Waals surface area (Å²) in [4.78, 5) is 28.3. The summed E-state index contributed by atoms with van der Waals surface area (Å²) in [5, 5.41) is 9.41. The summed E-state index contributed by atoms with van der Waals surface area (Å²) in [6.07, 6.45) is 3.04. The second-order valence-electron chi connectivity index (χ2n) is 3.88. The fraction of sp³-hybridized carbons (Fsp3) is 0.417. The van der Waals surface area contributed by atoms with Crippen molar-refractivity contribution in [3.8, 4) is 0 Å². The lowest BCUT2D eigenvalue weighted by Crippen LogP contribution is -2.52. The lowest BCUT2D eigenvalue weighted by molar-refractivity contribution is -0.158. The van der Waals surface area contributed by atoms with Crippen LogP contribution >= 0.6 is 0 Å². The van der Waals surface area contributed by atoms with E-state index in [4.69, 9.17) is 0 Å². The molecule has 0 aliphatic carbocycles. The number of likely N-dealkylation sites (N-methyl/N-ethyl adjacent to an activating group) is 1. The minimum absolute atomic E-state index is 0.277. The van der Waals surface area contributed by atoms with Gasteiger partial charge in [-0.3, -0.25) is 9.78 Å². The van der Waals surface area contributed by atoms with Crippen molar-refractivity contribution in [2.45, 2.75) is 26.3 Å². The lowest BCUT2D eigenvalue weighted by Gasteiger charge is -2.36. The summed E-state index contributed by atoms with van der Waals surface area (Å²) in [5.41, 5.74) is -0.890. The Morgan fingerprint density at radius 2 is 2.18 bits per heavy atom. The zero-order valence-electron chi connectivity index (χ0n) is 10.2. The Labute approximate surface area is 100 Å². The number of pyridine rings is 1. The molecule has 0 bridgehead atoms. The number of hydrogen-bond acceptors (Lipinski definition) is 3. The molecule has 17 heavy (non-hydrogen) atoms. The van der Waals surface area contributed by atoms with Gasteiger partial charge in [0.25, 0.3) is 0 Å². The van der Waals surface area contributed by atoms with Gasteiger partial charge < -0.3 is 10.0 Å². The molecule has 0 aromatic carbocycles. The van der Waals surface area contributed by atoms with Crippen molar-refractivity contribution in [3.05, 3.63) is 30.1 Å². The molecule has 1 heterocycles. The summed E-state index contributed by atoms with van der Waals surface area (Å²) in [6.45, 7) is 4.95. The first kappa shape index (κ1) is 13.2. The van der Waals surface area contributed by atoms with Crippen LogP contribution in [0.3, 0.4) is 0 Å². The maximum atomic E-state index is 11.5. The van der Waals surface area contributed by atoms with Gasteiger partial charge in [-0.25, -0.2) is 4.79 Å². The number of nitrogens with zero attached hydrogens (tertiary/aromatic N) is 2. The molecule has 1 N–H and O–H groups in total. The predicted molar refractivity (Wildman–Crippen MR) is 62.3 cm³/mol. The van der Waals surface area contributed by atoms with E-state index in [0.717, 1.165) is 0 Å². The highest BCUT2D eigenvalue weighted by Gasteiger charge is 2.42. The van der Waals surface area contributed by atoms with E-state index in [-0.39, 0.29) is 5.91 Å². The molecular formula is C12H16N2O3. The van der Waals surface area contributed by atoms with Crippen LogP contribution in [0.25, 0.3) is 0 Å². The molecule has 1 amide bonds. The molecule has 1 atom stereocenters. The molecule has 1 aromatic rings. The monoisotopic (exact) mass is 236 g/mol. The normalized spacial score (nSPS) is 13.8. The summed E-state index contributed by atoms with van der Waals surface area (Å²) >= 11 is 0. The predicted octanol–water partition coefficient (Wildman–Crippen LogP) is 1.25. The highest BCUT2D eigenvalue weighted by Crippen LogP contribution is 2.28. The number of rotatable bonds is 4. The zero-order valence-corrected chi connectivity index (χ0v) is 10.2. The SMILES string of the molecule is CCN(C(C)=O)C(C)(C(=O)O)c1cccnc1. The third-order valence-corrected chi connectivity index (χ3v) is 2.88. The molecule has 5 heteroatoms. The van der Waals surface area contributed by atoms with Crippen LogP contribution in [0.1, 0.15) is 26.3 Å². The Morgan fingerprint density at radius 3 is 2.53 bits per heavy atom. The molecule has 1 unspecified atom stereocenters. The molecule has 0 radical (unpaired) electrons. The van der Waals surface area contributed by atoms with Crippen molar-refractivity contribution in [2.24, 2.45) is 0 Å². The van der Waals surface area contributed by atoms with Crippen LogP contribution in [0.2, 0.25) is 0 Å². The average Bonchev–Trinajstić information content (AvgIpc) is 2.30. The van der Waals surface area contributed by atoms with E-state index in [0.29, 0.717) is 12.1 Å². The Balaban J connectivity index is 3.32. The summed E-state index contributed by atoms with van der Waals surface area (Å²) in [6, 6.07) is 3.32. The van der Waals surface area contributed by atoms with Crippen LogP contribution in [0.15, 0.2) is 24.5 Å². The molecule has 0 fully saturated rings. The molecule has 0 spiro atoms. The molecular weight excluding hydrogens is 220 g/mol. The maximum absolute atomic E-state index is 11.5. The standard InChI is InChI=1S/C12H16N2O3/c1-4-14(9(2)15)12(3,11(16)17)10-6-5-7-13-8-10/h5-8H,4H2,1-3H3,(H,16,17). The number of hydrogen-bond donors (Lipinski definition) is 1. The summed E-state index contributed by atoms with van der Waals surface area (Å²) in [5.74, 6) is -1.34. The van der Waals surface area contributed by atoms with Crippen molar-refractivity contribution in [2.75, 3.05) is 6.54 Å². The number of carboxylic acids is 1. The molecule has 0 saturated heterocycles. The van der Waals surface area contributed by atoms with Gasteiger partial charge in [0, 0.05) is 31.4 Å². The van der Waals surface area contributed by atoms with Crippen molar-refractivity contribution in [3.63, 3.8) is 0 Å². The molecule has 92 valence electrons. The molecule has 1 rings (SSSR count). The highest BCUT2D eigenvalue weighted by atomic mass is 16.4. The highest BCUT2D eigenvalue weighted by molar-refractivity contribution is 5.86. The molecule has 0 saturated carbocycles. The van der Waals surface area contributed by atoms with Gasteiger partial charge in [-0.1, -0.05) is 6.07 Å². The largest absolute Gasteiger partial charge is 0.479 e. The number of amides is 1. The van der Waals surface area contributed by atoms with E-state index in [2.05, 4.69) is 4.98 Å². The van der Waals surface area contributed by atoms with Crippen LogP contribution < -0.4 is 0 Å². The fourth-order valence-corrected chi connectivity index (χ4v) is 1.90. The van der Waals surface area contributed by atoms with Crippen LogP contribution in [-0.4, -0.2) is 33.4 Å². The van der Waals surface area contributed by atoms with Gasteiger partial charge in [0.05, 0.1) is 0 Å². The van der Waals surface area contributed by atoms with Crippen LogP contribution in [0, 0.1) is 0 Å². The molecule has 0 aliphatic heterocycles. The van der Waals surface area contributed by atoms with Gasteiger partial charge in [0.1, 0.15) is 0 Å². The van der Waals surface area contributed by atoms with Gasteiger partial charge in [0.2, 0.25) is 5.91 Å². The van der Waals surface area contributed by atoms with E-state index in [1.165, 1.54) is 24.9 Å². The number of aromatic nitrogens is 1. The van der Waals surface area contributed by atoms with Crippen LogP contribution in [0.5, 0.6) is 0 Å². The molecule has 1 aromatic heterocycles. The zero-order chi connectivity index (χ0) is 13.1. The quantitative estimate of drug-likeness (QED) is 0.854.